The van der Waals surface area contributed by atoms with Gasteiger partial charge in [0, 0.05) is 0 Å². The summed E-state index contributed by atoms with van der Waals surface area (Å²) in [6.07, 6.45) is 4.05. The summed E-state index contributed by atoms with van der Waals surface area (Å²) in [6, 6.07) is 0. The van der Waals surface area contributed by atoms with Gasteiger partial charge in [-0.15, -0.1) is 6.42 Å². The van der Waals surface area contributed by atoms with Gasteiger partial charge in [-0.05, 0) is 0 Å². The maximum absolute atomic E-state index is 11.1. The van der Waals surface area contributed by atoms with Crippen molar-refractivity contribution in [3.05, 3.63) is 0 Å². The zero-order chi connectivity index (χ0) is 8.97. The molecule has 66 valence electrons. The van der Waals surface area contributed by atoms with E-state index in [0.717, 1.165) is 0 Å². The predicted octanol–water partition coefficient (Wildman–Crippen LogP) is 0.604. The maximum Gasteiger partial charge on any atom is 0.509 e. The van der Waals surface area contributed by atoms with Crippen molar-refractivity contribution in [2.75, 3.05) is 13.2 Å². The van der Waals surface area contributed by atoms with Gasteiger partial charge in [0.15, 0.2) is 0 Å². The molecule has 1 aliphatic heterocycles. The number of ether oxygens (including phenoxy) is 2. The SMILES string of the molecule is C#CCO[PH](=O)C1COC(=O)O1. The van der Waals surface area contributed by atoms with E-state index in [4.69, 9.17) is 6.42 Å². The number of carbonyl (C=O) groups is 1. The third-order valence-corrected chi connectivity index (χ3v) is 2.39. The van der Waals surface area contributed by atoms with Crippen molar-refractivity contribution in [1.82, 2.24) is 0 Å². The summed E-state index contributed by atoms with van der Waals surface area (Å²) in [5, 5.41) is 0. The molecule has 1 rings (SSSR count). The van der Waals surface area contributed by atoms with Crippen LogP contribution < -0.4 is 0 Å². The van der Waals surface area contributed by atoms with Crippen molar-refractivity contribution in [3.63, 3.8) is 0 Å². The molecule has 0 aromatic rings. The minimum atomic E-state index is -2.42. The number of terminal acetylenes is 1. The van der Waals surface area contributed by atoms with Crippen LogP contribution in [0.25, 0.3) is 0 Å². The highest BCUT2D eigenvalue weighted by atomic mass is 31.1. The van der Waals surface area contributed by atoms with Gasteiger partial charge in [-0.1, -0.05) is 5.92 Å². The third-order valence-electron chi connectivity index (χ3n) is 1.15. The van der Waals surface area contributed by atoms with Crippen LogP contribution in [0.3, 0.4) is 0 Å². The number of carbonyl (C=O) groups excluding carboxylic acids is 1. The standard InChI is InChI=1S/C6H7O5P/c1-2-3-10-12(8)5-4-9-6(7)11-5/h1,5,12H,3-4H2. The highest BCUT2D eigenvalue weighted by Crippen LogP contribution is 2.33. The van der Waals surface area contributed by atoms with Gasteiger partial charge >= 0.3 is 6.16 Å². The molecule has 0 N–H and O–H groups in total. The number of cyclic esters (lactones) is 2. The first-order valence-corrected chi connectivity index (χ1v) is 4.57. The Bertz CT molecular complexity index is 243. The van der Waals surface area contributed by atoms with E-state index in [1.807, 2.05) is 0 Å². The van der Waals surface area contributed by atoms with Gasteiger partial charge in [0.05, 0.1) is 0 Å². The largest absolute Gasteiger partial charge is 0.509 e. The lowest BCUT2D eigenvalue weighted by molar-refractivity contribution is 0.126. The summed E-state index contributed by atoms with van der Waals surface area (Å²) in [5.74, 6) is 1.37. The predicted molar refractivity (Wildman–Crippen MR) is 40.0 cm³/mol. The summed E-state index contributed by atoms with van der Waals surface area (Å²) >= 11 is 0. The summed E-state index contributed by atoms with van der Waals surface area (Å²) in [6.45, 7) is -0.0763. The average Bonchev–Trinajstić information content (AvgIpc) is 2.47. The van der Waals surface area contributed by atoms with Gasteiger partial charge in [-0.3, -0.25) is 4.57 Å². The molecule has 6 heteroatoms. The molecule has 12 heavy (non-hydrogen) atoms. The monoisotopic (exact) mass is 190 g/mol. The van der Waals surface area contributed by atoms with Crippen LogP contribution in [0.15, 0.2) is 0 Å². The zero-order valence-electron chi connectivity index (χ0n) is 6.11. The van der Waals surface area contributed by atoms with Crippen LogP contribution in [-0.4, -0.2) is 25.2 Å². The van der Waals surface area contributed by atoms with Crippen molar-refractivity contribution >= 4 is 14.2 Å². The molecule has 0 bridgehead atoms. The molecule has 1 fully saturated rings. The molecule has 2 atom stereocenters. The lowest BCUT2D eigenvalue weighted by Crippen LogP contribution is -2.05. The molecular weight excluding hydrogens is 183 g/mol. The van der Waals surface area contributed by atoms with Crippen LogP contribution in [0.1, 0.15) is 0 Å². The molecule has 5 nitrogen and oxygen atoms in total. The lowest BCUT2D eigenvalue weighted by atomic mass is 10.8. The van der Waals surface area contributed by atoms with Gasteiger partial charge in [0.25, 0.3) is 0 Å². The van der Waals surface area contributed by atoms with E-state index in [1.54, 1.807) is 0 Å². The fourth-order valence-electron chi connectivity index (χ4n) is 0.650. The van der Waals surface area contributed by atoms with Crippen molar-refractivity contribution in [3.8, 4) is 12.3 Å². The Balaban J connectivity index is 2.34. The molecule has 0 spiro atoms. The molecule has 0 aromatic carbocycles. The molecule has 1 saturated heterocycles. The second-order valence-corrected chi connectivity index (χ2v) is 3.55. The summed E-state index contributed by atoms with van der Waals surface area (Å²) < 4.78 is 24.6. The van der Waals surface area contributed by atoms with E-state index in [2.05, 4.69) is 19.9 Å². The van der Waals surface area contributed by atoms with Gasteiger partial charge < -0.3 is 14.0 Å². The second-order valence-electron chi connectivity index (χ2n) is 1.98. The lowest BCUT2D eigenvalue weighted by Gasteiger charge is -2.04. The molecule has 0 aromatic heterocycles. The minimum Gasteiger partial charge on any atom is -0.430 e. The number of hydrogen-bond donors (Lipinski definition) is 0. The molecule has 0 radical (unpaired) electrons. The summed E-state index contributed by atoms with van der Waals surface area (Å²) in [4.78, 5) is 10.4. The first-order valence-electron chi connectivity index (χ1n) is 3.17. The van der Waals surface area contributed by atoms with Crippen molar-refractivity contribution in [2.24, 2.45) is 0 Å². The van der Waals surface area contributed by atoms with Crippen LogP contribution in [0, 0.1) is 12.3 Å². The molecule has 0 amide bonds. The first kappa shape index (κ1) is 9.11. The Kier molecular flexibility index (Phi) is 3.15. The average molecular weight is 190 g/mol. The topological polar surface area (TPSA) is 61.8 Å². The fraction of sp³-hybridized carbons (Fsp3) is 0.500. The van der Waals surface area contributed by atoms with E-state index in [1.165, 1.54) is 0 Å². The number of rotatable bonds is 3. The zero-order valence-corrected chi connectivity index (χ0v) is 7.11. The molecule has 0 aliphatic carbocycles. The highest BCUT2D eigenvalue weighted by Gasteiger charge is 2.30. The van der Waals surface area contributed by atoms with Crippen LogP contribution in [0.2, 0.25) is 0 Å². The Morgan fingerprint density at radius 1 is 1.83 bits per heavy atom. The molecule has 1 aliphatic rings. The van der Waals surface area contributed by atoms with Crippen LogP contribution in [0.4, 0.5) is 4.79 Å². The van der Waals surface area contributed by atoms with Crippen LogP contribution in [-0.2, 0) is 18.6 Å². The van der Waals surface area contributed by atoms with Crippen molar-refractivity contribution in [2.45, 2.75) is 5.85 Å². The van der Waals surface area contributed by atoms with Crippen LogP contribution in [0.5, 0.6) is 0 Å². The van der Waals surface area contributed by atoms with E-state index in [9.17, 15) is 9.36 Å². The minimum absolute atomic E-state index is 0.0266. The molecule has 2 unspecified atom stereocenters. The molecular formula is C6H7O5P. The molecule has 0 saturated carbocycles. The molecule has 1 heterocycles. The van der Waals surface area contributed by atoms with Gasteiger partial charge in [0.1, 0.15) is 13.2 Å². The van der Waals surface area contributed by atoms with E-state index in [-0.39, 0.29) is 13.2 Å². The van der Waals surface area contributed by atoms with E-state index < -0.39 is 20.0 Å². The van der Waals surface area contributed by atoms with Crippen molar-refractivity contribution in [1.29, 1.82) is 0 Å². The first-order chi connectivity index (χ1) is 5.74. The smallest absolute Gasteiger partial charge is 0.430 e. The van der Waals surface area contributed by atoms with Crippen molar-refractivity contribution < 1.29 is 23.4 Å². The number of hydrogen-bond acceptors (Lipinski definition) is 5. The normalized spacial score (nSPS) is 23.9. The van der Waals surface area contributed by atoms with Gasteiger partial charge in [-0.2, -0.15) is 0 Å². The third kappa shape index (κ3) is 2.26. The Morgan fingerprint density at radius 3 is 3.08 bits per heavy atom. The van der Waals surface area contributed by atoms with E-state index in [0.29, 0.717) is 0 Å². The van der Waals surface area contributed by atoms with E-state index >= 15 is 0 Å². The quantitative estimate of drug-likeness (QED) is 0.370. The van der Waals surface area contributed by atoms with Gasteiger partial charge in [-0.25, -0.2) is 4.79 Å². The maximum atomic E-state index is 11.1. The van der Waals surface area contributed by atoms with Crippen LogP contribution >= 0.6 is 8.03 Å². The Hall–Kier alpha value is -0.980. The second kappa shape index (κ2) is 4.15. The summed E-state index contributed by atoms with van der Waals surface area (Å²) in [5.41, 5.74) is 0. The Labute approximate surface area is 69.9 Å². The Morgan fingerprint density at radius 2 is 2.58 bits per heavy atom. The highest BCUT2D eigenvalue weighted by molar-refractivity contribution is 7.39. The fourth-order valence-corrected chi connectivity index (χ4v) is 1.47. The van der Waals surface area contributed by atoms with Gasteiger partial charge in [0.2, 0.25) is 13.9 Å². The summed E-state index contributed by atoms with van der Waals surface area (Å²) in [7, 11) is -2.42.